The van der Waals surface area contributed by atoms with E-state index in [0.29, 0.717) is 24.1 Å². The molecule has 0 atom stereocenters. The lowest BCUT2D eigenvalue weighted by Gasteiger charge is -2.35. The quantitative estimate of drug-likeness (QED) is 0.706. The van der Waals surface area contributed by atoms with Crippen molar-refractivity contribution >= 4 is 5.91 Å². The second kappa shape index (κ2) is 10.1. The molecule has 0 radical (unpaired) electrons. The number of carbonyl (C=O) groups excluding carboxylic acids is 1. The third-order valence-corrected chi connectivity index (χ3v) is 7.70. The predicted molar refractivity (Wildman–Crippen MR) is 123 cm³/mol. The maximum Gasteiger partial charge on any atom is 0.226 e. The predicted octanol–water partition coefficient (Wildman–Crippen LogP) is 4.10. The van der Waals surface area contributed by atoms with Crippen LogP contribution in [0, 0.1) is 5.92 Å². The van der Waals surface area contributed by atoms with Gasteiger partial charge in [-0.15, -0.1) is 0 Å². The van der Waals surface area contributed by atoms with Crippen molar-refractivity contribution < 1.29 is 14.1 Å². The third-order valence-electron chi connectivity index (χ3n) is 7.70. The fraction of sp³-hybridized carbons (Fsp3) is 0.615. The van der Waals surface area contributed by atoms with Crippen LogP contribution in [0.5, 0.6) is 5.75 Å². The maximum absolute atomic E-state index is 12.2. The van der Waals surface area contributed by atoms with Gasteiger partial charge in [-0.05, 0) is 88.0 Å². The number of aromatic nitrogens is 1. The van der Waals surface area contributed by atoms with Crippen LogP contribution in [-0.4, -0.2) is 48.2 Å². The first-order valence-corrected chi connectivity index (χ1v) is 12.4. The van der Waals surface area contributed by atoms with Gasteiger partial charge in [0.2, 0.25) is 5.91 Å². The van der Waals surface area contributed by atoms with Gasteiger partial charge in [-0.3, -0.25) is 4.79 Å². The highest BCUT2D eigenvalue weighted by Gasteiger charge is 2.27. The number of nitrogens with one attached hydrogen (secondary N) is 1. The molecule has 2 fully saturated rings. The van der Waals surface area contributed by atoms with Gasteiger partial charge in [0.05, 0.1) is 18.7 Å². The fourth-order valence-electron chi connectivity index (χ4n) is 5.83. The monoisotopic (exact) mass is 437 g/mol. The second-order valence-electron chi connectivity index (χ2n) is 9.78. The van der Waals surface area contributed by atoms with Gasteiger partial charge in [0.1, 0.15) is 12.0 Å². The van der Waals surface area contributed by atoms with E-state index < -0.39 is 0 Å². The van der Waals surface area contributed by atoms with Crippen molar-refractivity contribution in [2.75, 3.05) is 26.2 Å². The molecule has 6 heteroatoms. The first kappa shape index (κ1) is 21.5. The Morgan fingerprint density at radius 2 is 1.94 bits per heavy atom. The Labute approximate surface area is 190 Å². The number of piperidine rings is 1. The Hall–Kier alpha value is -2.34. The smallest absolute Gasteiger partial charge is 0.226 e. The fourth-order valence-corrected chi connectivity index (χ4v) is 5.83. The van der Waals surface area contributed by atoms with Crippen LogP contribution in [-0.2, 0) is 17.6 Å². The largest absolute Gasteiger partial charge is 0.493 e. The lowest BCUT2D eigenvalue weighted by atomic mass is 9.83. The Bertz CT molecular complexity index is 882. The van der Waals surface area contributed by atoms with Crippen molar-refractivity contribution in [3.63, 3.8) is 0 Å². The van der Waals surface area contributed by atoms with Crippen molar-refractivity contribution in [3.8, 4) is 5.75 Å². The number of carbonyl (C=O) groups is 1. The van der Waals surface area contributed by atoms with E-state index in [-0.39, 0.29) is 5.91 Å². The van der Waals surface area contributed by atoms with Crippen LogP contribution in [0.25, 0.3) is 0 Å². The van der Waals surface area contributed by atoms with E-state index in [1.807, 2.05) is 0 Å². The summed E-state index contributed by atoms with van der Waals surface area (Å²) < 4.78 is 10.6. The van der Waals surface area contributed by atoms with E-state index in [0.717, 1.165) is 37.5 Å². The van der Waals surface area contributed by atoms with Gasteiger partial charge >= 0.3 is 0 Å². The number of fused-ring (bicyclic) bond motifs is 1. The number of hydrogen-bond donors (Lipinski definition) is 1. The van der Waals surface area contributed by atoms with Crippen LogP contribution in [0.2, 0.25) is 0 Å². The first-order valence-electron chi connectivity index (χ1n) is 12.4. The molecule has 0 bridgehead atoms. The van der Waals surface area contributed by atoms with Crippen molar-refractivity contribution in [2.24, 2.45) is 5.92 Å². The Kier molecular flexibility index (Phi) is 6.77. The minimum absolute atomic E-state index is 0.0563. The SMILES string of the molecule is O=C(Cc1ccon1)NC1CCC(CCN2CCC(c3cccc4c3CCO4)CC2)CC1. The van der Waals surface area contributed by atoms with Crippen LogP contribution >= 0.6 is 0 Å². The summed E-state index contributed by atoms with van der Waals surface area (Å²) in [7, 11) is 0. The number of benzene rings is 1. The highest BCUT2D eigenvalue weighted by Crippen LogP contribution is 2.37. The Morgan fingerprint density at radius 1 is 1.09 bits per heavy atom. The third kappa shape index (κ3) is 5.17. The van der Waals surface area contributed by atoms with Crippen LogP contribution in [0.1, 0.15) is 67.7 Å². The zero-order chi connectivity index (χ0) is 21.8. The summed E-state index contributed by atoms with van der Waals surface area (Å²) >= 11 is 0. The molecular formula is C26H35N3O3. The van der Waals surface area contributed by atoms with Crippen LogP contribution in [0.4, 0.5) is 0 Å². The molecule has 1 aliphatic carbocycles. The molecule has 1 N–H and O–H groups in total. The average Bonchev–Trinajstić information content (AvgIpc) is 3.51. The molecule has 1 saturated heterocycles. The van der Waals surface area contributed by atoms with Crippen molar-refractivity contribution in [1.29, 1.82) is 0 Å². The molecule has 1 amide bonds. The van der Waals surface area contributed by atoms with Gasteiger partial charge in [0.15, 0.2) is 0 Å². The summed E-state index contributed by atoms with van der Waals surface area (Å²) in [6.07, 6.45) is 11.4. The molecule has 0 spiro atoms. The molecule has 5 rings (SSSR count). The van der Waals surface area contributed by atoms with Crippen LogP contribution in [0.3, 0.4) is 0 Å². The van der Waals surface area contributed by atoms with Gasteiger partial charge in [-0.2, -0.15) is 0 Å². The Balaban J connectivity index is 1.00. The lowest BCUT2D eigenvalue weighted by molar-refractivity contribution is -0.121. The molecular weight excluding hydrogens is 402 g/mol. The number of likely N-dealkylation sites (tertiary alicyclic amines) is 1. The number of nitrogens with zero attached hydrogens (tertiary/aromatic N) is 2. The molecule has 2 aromatic rings. The number of ether oxygens (including phenoxy) is 1. The van der Waals surface area contributed by atoms with Crippen molar-refractivity contribution in [3.05, 3.63) is 47.3 Å². The zero-order valence-corrected chi connectivity index (χ0v) is 18.9. The number of hydrogen-bond acceptors (Lipinski definition) is 5. The molecule has 3 heterocycles. The molecule has 172 valence electrons. The van der Waals surface area contributed by atoms with E-state index in [4.69, 9.17) is 9.26 Å². The van der Waals surface area contributed by atoms with Gasteiger partial charge in [0, 0.05) is 24.1 Å². The van der Waals surface area contributed by atoms with Crippen LogP contribution < -0.4 is 10.1 Å². The standard InChI is InChI=1S/C26H35N3O3/c30-26(18-22-11-17-32-28-22)27-21-6-4-19(5-7-21)8-13-29-14-9-20(10-15-29)23-2-1-3-25-24(23)12-16-31-25/h1-3,11,17,19-21H,4-10,12-16,18H2,(H,27,30). The van der Waals surface area contributed by atoms with Gasteiger partial charge in [-0.1, -0.05) is 17.3 Å². The van der Waals surface area contributed by atoms with Crippen molar-refractivity contribution in [2.45, 2.75) is 69.7 Å². The van der Waals surface area contributed by atoms with Gasteiger partial charge in [-0.25, -0.2) is 0 Å². The summed E-state index contributed by atoms with van der Waals surface area (Å²) in [5.41, 5.74) is 3.71. The minimum atomic E-state index is 0.0563. The summed E-state index contributed by atoms with van der Waals surface area (Å²) in [5.74, 6) is 2.67. The molecule has 2 aliphatic heterocycles. The molecule has 32 heavy (non-hydrogen) atoms. The Morgan fingerprint density at radius 3 is 2.72 bits per heavy atom. The van der Waals surface area contributed by atoms with E-state index in [1.165, 1.54) is 63.6 Å². The maximum atomic E-state index is 12.2. The van der Waals surface area contributed by atoms with Gasteiger partial charge in [0.25, 0.3) is 0 Å². The normalized spacial score (nSPS) is 24.1. The van der Waals surface area contributed by atoms with Crippen molar-refractivity contribution in [1.82, 2.24) is 15.4 Å². The molecule has 1 saturated carbocycles. The molecule has 6 nitrogen and oxygen atoms in total. The molecule has 3 aliphatic rings. The first-order chi connectivity index (χ1) is 15.7. The summed E-state index contributed by atoms with van der Waals surface area (Å²) in [6, 6.07) is 8.69. The molecule has 1 aromatic carbocycles. The van der Waals surface area contributed by atoms with E-state index in [2.05, 4.69) is 33.6 Å². The second-order valence-corrected chi connectivity index (χ2v) is 9.78. The topological polar surface area (TPSA) is 67.6 Å². The molecule has 1 aromatic heterocycles. The minimum Gasteiger partial charge on any atom is -0.493 e. The number of amides is 1. The average molecular weight is 438 g/mol. The van der Waals surface area contributed by atoms with Crippen LogP contribution in [0.15, 0.2) is 35.1 Å². The molecule has 0 unspecified atom stereocenters. The summed E-state index contributed by atoms with van der Waals surface area (Å²) in [4.78, 5) is 14.8. The number of rotatable bonds is 7. The van der Waals surface area contributed by atoms with Gasteiger partial charge < -0.3 is 19.5 Å². The highest BCUT2D eigenvalue weighted by molar-refractivity contribution is 5.78. The summed E-state index contributed by atoms with van der Waals surface area (Å²) in [6.45, 7) is 4.49. The summed E-state index contributed by atoms with van der Waals surface area (Å²) in [5, 5.41) is 7.00. The van der Waals surface area contributed by atoms with E-state index >= 15 is 0 Å². The lowest BCUT2D eigenvalue weighted by Crippen LogP contribution is -2.39. The van der Waals surface area contributed by atoms with E-state index in [1.54, 1.807) is 11.6 Å². The van der Waals surface area contributed by atoms with E-state index in [9.17, 15) is 4.79 Å². The zero-order valence-electron chi connectivity index (χ0n) is 18.9. The highest BCUT2D eigenvalue weighted by atomic mass is 16.5.